The topological polar surface area (TPSA) is 58.1 Å². The average molecular weight is 378 g/mol. The lowest BCUT2D eigenvalue weighted by Gasteiger charge is -2.22. The summed E-state index contributed by atoms with van der Waals surface area (Å²) in [4.78, 5) is 23.4. The van der Waals surface area contributed by atoms with Crippen LogP contribution in [0, 0.1) is 12.7 Å². The van der Waals surface area contributed by atoms with Gasteiger partial charge in [-0.05, 0) is 25.5 Å². The van der Waals surface area contributed by atoms with Gasteiger partial charge in [0.25, 0.3) is 5.91 Å². The molecule has 0 atom stereocenters. The molecule has 5 nitrogen and oxygen atoms in total. The normalized spacial score (nSPS) is 10.5. The number of rotatable bonds is 7. The quantitative estimate of drug-likeness (QED) is 0.678. The van der Waals surface area contributed by atoms with Crippen LogP contribution in [0.25, 0.3) is 0 Å². The summed E-state index contributed by atoms with van der Waals surface area (Å²) < 4.78 is 13.7. The zero-order chi connectivity index (χ0) is 19.9. The summed E-state index contributed by atoms with van der Waals surface area (Å²) in [6.45, 7) is 5.32. The van der Waals surface area contributed by atoms with E-state index in [9.17, 15) is 9.18 Å². The maximum absolute atomic E-state index is 13.7. The van der Waals surface area contributed by atoms with Crippen molar-refractivity contribution >= 4 is 11.7 Å². The monoisotopic (exact) mass is 378 g/mol. The third-order valence-corrected chi connectivity index (χ3v) is 4.38. The second-order valence-electron chi connectivity index (χ2n) is 6.43. The highest BCUT2D eigenvalue weighted by atomic mass is 19.1. The minimum Gasteiger partial charge on any atom is -0.352 e. The summed E-state index contributed by atoms with van der Waals surface area (Å²) in [5.74, 6) is 0.503. The maximum atomic E-state index is 13.7. The molecule has 28 heavy (non-hydrogen) atoms. The van der Waals surface area contributed by atoms with Crippen LogP contribution in [-0.2, 0) is 13.1 Å². The van der Waals surface area contributed by atoms with Crippen LogP contribution in [0.2, 0.25) is 0 Å². The van der Waals surface area contributed by atoms with Crippen molar-refractivity contribution in [1.29, 1.82) is 0 Å². The lowest BCUT2D eigenvalue weighted by atomic mass is 10.2. The Labute approximate surface area is 164 Å². The number of anilines is 1. The molecule has 1 heterocycles. The van der Waals surface area contributed by atoms with Crippen LogP contribution in [0.5, 0.6) is 0 Å². The van der Waals surface area contributed by atoms with Crippen LogP contribution in [-0.4, -0.2) is 22.4 Å². The molecule has 1 aromatic heterocycles. The van der Waals surface area contributed by atoms with Gasteiger partial charge in [-0.1, -0.05) is 48.5 Å². The Kier molecular flexibility index (Phi) is 6.32. The number of carbonyl (C=O) groups excluding carboxylic acids is 1. The number of nitrogens with zero attached hydrogens (tertiary/aromatic N) is 3. The highest BCUT2D eigenvalue weighted by molar-refractivity contribution is 5.92. The fourth-order valence-electron chi connectivity index (χ4n) is 2.90. The van der Waals surface area contributed by atoms with Crippen LogP contribution in [0.1, 0.15) is 34.4 Å². The molecule has 0 bridgehead atoms. The number of aromatic nitrogens is 2. The number of halogens is 1. The van der Waals surface area contributed by atoms with E-state index in [1.807, 2.05) is 25.1 Å². The summed E-state index contributed by atoms with van der Waals surface area (Å²) in [6, 6.07) is 18.1. The van der Waals surface area contributed by atoms with E-state index in [1.165, 1.54) is 6.07 Å². The molecule has 0 saturated heterocycles. The minimum absolute atomic E-state index is 0.103. The summed E-state index contributed by atoms with van der Waals surface area (Å²) in [7, 11) is 0. The van der Waals surface area contributed by atoms with Crippen molar-refractivity contribution in [2.75, 3.05) is 11.4 Å². The molecule has 0 saturated carbocycles. The van der Waals surface area contributed by atoms with E-state index in [0.717, 1.165) is 12.1 Å². The third-order valence-electron chi connectivity index (χ3n) is 4.38. The van der Waals surface area contributed by atoms with Gasteiger partial charge in [0.15, 0.2) is 0 Å². The first-order valence-corrected chi connectivity index (χ1v) is 9.23. The molecule has 0 aliphatic rings. The number of hydrogen-bond donors (Lipinski definition) is 1. The van der Waals surface area contributed by atoms with Crippen molar-refractivity contribution < 1.29 is 9.18 Å². The Hall–Kier alpha value is -3.28. The summed E-state index contributed by atoms with van der Waals surface area (Å²) >= 11 is 0. The van der Waals surface area contributed by atoms with Crippen molar-refractivity contribution in [2.45, 2.75) is 26.9 Å². The number of amides is 1. The standard InChI is InChI=1S/C22H23FN4O/c1-3-27(15-17-9-5-4-6-10-17)21-13-20(25-16(2)26-21)22(28)24-14-18-11-7-8-12-19(18)23/h4-13H,3,14-15H2,1-2H3,(H,24,28). The molecular weight excluding hydrogens is 355 g/mol. The van der Waals surface area contributed by atoms with Gasteiger partial charge in [0.1, 0.15) is 23.2 Å². The van der Waals surface area contributed by atoms with Crippen LogP contribution >= 0.6 is 0 Å². The Bertz CT molecular complexity index is 946. The van der Waals surface area contributed by atoms with E-state index in [-0.39, 0.29) is 24.0 Å². The zero-order valence-corrected chi connectivity index (χ0v) is 16.0. The van der Waals surface area contributed by atoms with Crippen LogP contribution < -0.4 is 10.2 Å². The van der Waals surface area contributed by atoms with Gasteiger partial charge in [0.2, 0.25) is 0 Å². The second kappa shape index (κ2) is 9.08. The van der Waals surface area contributed by atoms with Crippen molar-refractivity contribution in [3.05, 3.63) is 89.1 Å². The summed E-state index contributed by atoms with van der Waals surface area (Å²) in [5, 5.41) is 2.73. The fourth-order valence-corrected chi connectivity index (χ4v) is 2.90. The molecule has 1 amide bonds. The molecule has 6 heteroatoms. The first-order valence-electron chi connectivity index (χ1n) is 9.23. The van der Waals surface area contributed by atoms with Crippen LogP contribution in [0.15, 0.2) is 60.7 Å². The van der Waals surface area contributed by atoms with Crippen molar-refractivity contribution in [1.82, 2.24) is 15.3 Å². The first kappa shape index (κ1) is 19.5. The highest BCUT2D eigenvalue weighted by Gasteiger charge is 2.14. The SMILES string of the molecule is CCN(Cc1ccccc1)c1cc(C(=O)NCc2ccccc2F)nc(C)n1. The molecule has 0 aliphatic heterocycles. The van der Waals surface area contributed by atoms with Gasteiger partial charge < -0.3 is 10.2 Å². The number of carbonyl (C=O) groups is 1. The Morgan fingerprint density at radius 3 is 2.50 bits per heavy atom. The van der Waals surface area contributed by atoms with E-state index in [1.54, 1.807) is 31.2 Å². The molecule has 0 unspecified atom stereocenters. The van der Waals surface area contributed by atoms with E-state index < -0.39 is 0 Å². The van der Waals surface area contributed by atoms with Gasteiger partial charge in [-0.3, -0.25) is 4.79 Å². The zero-order valence-electron chi connectivity index (χ0n) is 16.0. The Morgan fingerprint density at radius 1 is 1.07 bits per heavy atom. The minimum atomic E-state index is -0.356. The van der Waals surface area contributed by atoms with E-state index >= 15 is 0 Å². The van der Waals surface area contributed by atoms with Crippen LogP contribution in [0.3, 0.4) is 0 Å². The molecule has 0 fully saturated rings. The number of hydrogen-bond acceptors (Lipinski definition) is 4. The molecule has 0 aliphatic carbocycles. The highest BCUT2D eigenvalue weighted by Crippen LogP contribution is 2.16. The van der Waals surface area contributed by atoms with Gasteiger partial charge in [-0.15, -0.1) is 0 Å². The van der Waals surface area contributed by atoms with Crippen LogP contribution in [0.4, 0.5) is 10.2 Å². The Morgan fingerprint density at radius 2 is 1.79 bits per heavy atom. The van der Waals surface area contributed by atoms with Crippen molar-refractivity contribution in [3.63, 3.8) is 0 Å². The largest absolute Gasteiger partial charge is 0.352 e. The summed E-state index contributed by atoms with van der Waals surface area (Å²) in [5.41, 5.74) is 1.86. The predicted molar refractivity (Wildman–Crippen MR) is 108 cm³/mol. The lowest BCUT2D eigenvalue weighted by molar-refractivity contribution is 0.0945. The Balaban J connectivity index is 1.76. The third kappa shape index (κ3) is 4.91. The molecule has 144 valence electrons. The number of aryl methyl sites for hydroxylation is 1. The molecule has 3 aromatic rings. The van der Waals surface area contributed by atoms with Gasteiger partial charge in [0, 0.05) is 31.3 Å². The molecule has 1 N–H and O–H groups in total. The fraction of sp³-hybridized carbons (Fsp3) is 0.227. The molecule has 3 rings (SSSR count). The molecular formula is C22H23FN4O. The van der Waals surface area contributed by atoms with Gasteiger partial charge >= 0.3 is 0 Å². The summed E-state index contributed by atoms with van der Waals surface area (Å²) in [6.07, 6.45) is 0. The van der Waals surface area contributed by atoms with Gasteiger partial charge in [0.05, 0.1) is 0 Å². The average Bonchev–Trinajstić information content (AvgIpc) is 2.71. The molecule has 0 radical (unpaired) electrons. The van der Waals surface area contributed by atoms with E-state index in [0.29, 0.717) is 23.8 Å². The van der Waals surface area contributed by atoms with Gasteiger partial charge in [-0.25, -0.2) is 14.4 Å². The molecule has 2 aromatic carbocycles. The number of nitrogens with one attached hydrogen (secondary N) is 1. The van der Waals surface area contributed by atoms with Gasteiger partial charge in [-0.2, -0.15) is 0 Å². The molecule has 0 spiro atoms. The smallest absolute Gasteiger partial charge is 0.270 e. The second-order valence-corrected chi connectivity index (χ2v) is 6.43. The van der Waals surface area contributed by atoms with E-state index in [4.69, 9.17) is 0 Å². The first-order chi connectivity index (χ1) is 13.6. The van der Waals surface area contributed by atoms with Crippen molar-refractivity contribution in [2.24, 2.45) is 0 Å². The number of benzene rings is 2. The van der Waals surface area contributed by atoms with E-state index in [2.05, 4.69) is 32.3 Å². The van der Waals surface area contributed by atoms with Crippen molar-refractivity contribution in [3.8, 4) is 0 Å². The lowest BCUT2D eigenvalue weighted by Crippen LogP contribution is -2.27. The maximum Gasteiger partial charge on any atom is 0.270 e. The predicted octanol–water partition coefficient (Wildman–Crippen LogP) is 3.88.